The number of imidazole rings is 1. The maximum absolute atomic E-state index is 15.9. The summed E-state index contributed by atoms with van der Waals surface area (Å²) < 4.78 is 67.2. The first-order chi connectivity index (χ1) is 19.6. The second-order valence-corrected chi connectivity index (χ2v) is 11.4. The number of hydrogen-bond donors (Lipinski definition) is 3. The van der Waals surface area contributed by atoms with Crippen LogP contribution >= 0.6 is 7.75 Å². The van der Waals surface area contributed by atoms with Gasteiger partial charge in [-0.15, -0.1) is 0 Å². The quantitative estimate of drug-likeness (QED) is 0.165. The van der Waals surface area contributed by atoms with E-state index < -0.39 is 69.0 Å². The number of aliphatic hydroxyl groups is 1. The fraction of sp³-hybridized carbons (Fsp3) is 0.696. The first-order valence-electron chi connectivity index (χ1n) is 12.9. The summed E-state index contributed by atoms with van der Waals surface area (Å²) in [7, 11) is -3.18. The summed E-state index contributed by atoms with van der Waals surface area (Å²) in [6, 6.07) is -1.22. The summed E-state index contributed by atoms with van der Waals surface area (Å²) >= 11 is 0. The number of nitrogens with two attached hydrogens (primary N) is 1. The average Bonchev–Trinajstić information content (AvgIpc) is 3.39. The lowest BCUT2D eigenvalue weighted by molar-refractivity contribution is -0.149. The third kappa shape index (κ3) is 7.62. The van der Waals surface area contributed by atoms with Gasteiger partial charge in [-0.3, -0.25) is 18.4 Å². The van der Waals surface area contributed by atoms with Crippen molar-refractivity contribution in [2.75, 3.05) is 26.1 Å². The number of halogens is 1. The number of carbonyl (C=O) groups excluding carboxylic acids is 2. The number of anilines is 1. The Hall–Kier alpha value is -3.15. The van der Waals surface area contributed by atoms with Gasteiger partial charge in [-0.2, -0.15) is 9.97 Å². The molecule has 7 atom stereocenters. The van der Waals surface area contributed by atoms with Gasteiger partial charge in [0.1, 0.15) is 18.2 Å². The number of nitrogens with one attached hydrogen (secondary N) is 1. The number of aromatic nitrogens is 4. The molecule has 0 amide bonds. The van der Waals surface area contributed by atoms with Crippen LogP contribution in [0.1, 0.15) is 47.8 Å². The van der Waals surface area contributed by atoms with Crippen LogP contribution in [-0.2, 0) is 37.4 Å². The molecule has 19 heteroatoms. The highest BCUT2D eigenvalue weighted by Gasteiger charge is 2.56. The van der Waals surface area contributed by atoms with Crippen LogP contribution in [0, 0.1) is 0 Å². The molecule has 0 spiro atoms. The van der Waals surface area contributed by atoms with Crippen molar-refractivity contribution >= 4 is 37.0 Å². The van der Waals surface area contributed by atoms with Crippen molar-refractivity contribution in [2.45, 2.75) is 84.1 Å². The van der Waals surface area contributed by atoms with E-state index >= 15 is 4.39 Å². The van der Waals surface area contributed by atoms with Crippen molar-refractivity contribution in [1.82, 2.24) is 24.6 Å². The molecule has 2 unspecified atom stereocenters. The summed E-state index contributed by atoms with van der Waals surface area (Å²) in [5, 5.41) is 13.2. The van der Waals surface area contributed by atoms with Gasteiger partial charge in [0.2, 0.25) is 18.1 Å². The molecule has 0 saturated carbocycles. The zero-order chi connectivity index (χ0) is 31.4. The molecule has 1 saturated heterocycles. The van der Waals surface area contributed by atoms with Gasteiger partial charge in [0.05, 0.1) is 32.8 Å². The molecule has 0 aliphatic carbocycles. The molecule has 0 aromatic carbocycles. The Bertz CT molecular complexity index is 1310. The number of methoxy groups -OCH3 is 1. The fourth-order valence-corrected chi connectivity index (χ4v) is 5.52. The lowest BCUT2D eigenvalue weighted by atomic mass is 9.98. The smallest absolute Gasteiger partial charge is 0.479 e. The van der Waals surface area contributed by atoms with Crippen LogP contribution in [0.3, 0.4) is 0 Å². The molecule has 4 N–H and O–H groups in total. The molecular weight excluding hydrogens is 586 g/mol. The minimum absolute atomic E-state index is 0.00766. The summed E-state index contributed by atoms with van der Waals surface area (Å²) in [6.45, 7) is 7.75. The second kappa shape index (κ2) is 13.4. The van der Waals surface area contributed by atoms with Gasteiger partial charge in [-0.25, -0.2) is 23.8 Å². The molecule has 1 aliphatic heterocycles. The molecule has 0 radical (unpaired) electrons. The third-order valence-electron chi connectivity index (χ3n) is 5.85. The maximum Gasteiger partial charge on any atom is 0.510 e. The predicted molar refractivity (Wildman–Crippen MR) is 142 cm³/mol. The Labute approximate surface area is 240 Å². The number of nitrogens with zero attached hydrogens (tertiary/aromatic N) is 4. The van der Waals surface area contributed by atoms with E-state index in [1.165, 1.54) is 31.9 Å². The number of carbonyl (C=O) groups is 2. The molecule has 0 bridgehead atoms. The van der Waals surface area contributed by atoms with Gasteiger partial charge in [0.15, 0.2) is 23.1 Å². The Morgan fingerprint density at radius 2 is 1.98 bits per heavy atom. The molecule has 3 heterocycles. The molecule has 17 nitrogen and oxygen atoms in total. The highest BCUT2D eigenvalue weighted by Crippen LogP contribution is 2.49. The van der Waals surface area contributed by atoms with Crippen molar-refractivity contribution < 1.29 is 56.4 Å². The van der Waals surface area contributed by atoms with Gasteiger partial charge in [0, 0.05) is 0 Å². The van der Waals surface area contributed by atoms with Crippen molar-refractivity contribution in [3.8, 4) is 5.88 Å². The van der Waals surface area contributed by atoms with Crippen molar-refractivity contribution in [2.24, 2.45) is 0 Å². The standard InChI is InChI=1S/C23H36FN6O11P/c1-8-36-22(33)39-13(5)41-42(34,29-12(4)19(32)38-11(2)3)37-9-14-16(31)23(6,24)20(40-14)30-10-26-15-17(30)27-21(25)28-18(15)35-7/h10-14,16,20,31H,8-9H2,1-7H3,(H,29,34)(H2,25,27,28)/t12-,13?,14+,16+,20+,23+,42?/m0/s1. The molecule has 2 aromatic heterocycles. The summed E-state index contributed by atoms with van der Waals surface area (Å²) in [6.07, 6.45) is -6.58. The molecular formula is C23H36FN6O11P. The minimum atomic E-state index is -4.53. The van der Waals surface area contributed by atoms with Gasteiger partial charge in [0.25, 0.3) is 0 Å². The molecule has 236 valence electrons. The van der Waals surface area contributed by atoms with Crippen molar-refractivity contribution in [3.63, 3.8) is 0 Å². The number of fused-ring (bicyclic) bond motifs is 1. The van der Waals surface area contributed by atoms with Crippen molar-refractivity contribution in [1.29, 1.82) is 0 Å². The van der Waals surface area contributed by atoms with Crippen LogP contribution < -0.4 is 15.6 Å². The number of hydrogen-bond acceptors (Lipinski definition) is 15. The number of nitrogen functional groups attached to an aromatic ring is 1. The molecule has 2 aromatic rings. The summed E-state index contributed by atoms with van der Waals surface area (Å²) in [5.41, 5.74) is 3.54. The first kappa shape index (κ1) is 33.4. The number of esters is 1. The van der Waals surface area contributed by atoms with Crippen LogP contribution in [0.2, 0.25) is 0 Å². The zero-order valence-electron chi connectivity index (χ0n) is 24.2. The van der Waals surface area contributed by atoms with Crippen LogP contribution in [-0.4, -0.2) is 93.4 Å². The third-order valence-corrected chi connectivity index (χ3v) is 7.61. The van der Waals surface area contributed by atoms with E-state index in [4.69, 9.17) is 33.7 Å². The predicted octanol–water partition coefficient (Wildman–Crippen LogP) is 1.99. The minimum Gasteiger partial charge on any atom is -0.479 e. The Morgan fingerprint density at radius 1 is 1.29 bits per heavy atom. The Kier molecular flexibility index (Phi) is 10.7. The van der Waals surface area contributed by atoms with Gasteiger partial charge >= 0.3 is 19.9 Å². The second-order valence-electron chi connectivity index (χ2n) is 9.64. The van der Waals surface area contributed by atoms with E-state index in [0.717, 1.165) is 6.92 Å². The monoisotopic (exact) mass is 622 g/mol. The van der Waals surface area contributed by atoms with Gasteiger partial charge < -0.3 is 34.5 Å². The van der Waals surface area contributed by atoms with Crippen molar-refractivity contribution in [3.05, 3.63) is 6.33 Å². The summed E-state index contributed by atoms with van der Waals surface area (Å²) in [5.74, 6) is -0.911. The molecule has 1 aliphatic rings. The van der Waals surface area contributed by atoms with Crippen LogP contribution in [0.15, 0.2) is 6.33 Å². The van der Waals surface area contributed by atoms with Gasteiger partial charge in [-0.1, -0.05) is 0 Å². The van der Waals surface area contributed by atoms with Crippen LogP contribution in [0.25, 0.3) is 11.2 Å². The normalized spacial score (nSPS) is 25.1. The fourth-order valence-electron chi connectivity index (χ4n) is 3.97. The first-order valence-corrected chi connectivity index (χ1v) is 14.5. The maximum atomic E-state index is 15.9. The number of aliphatic hydroxyl groups excluding tert-OH is 1. The van der Waals surface area contributed by atoms with Crippen LogP contribution in [0.5, 0.6) is 5.88 Å². The van der Waals surface area contributed by atoms with E-state index in [1.54, 1.807) is 20.8 Å². The molecule has 3 rings (SSSR count). The van der Waals surface area contributed by atoms with Crippen LogP contribution in [0.4, 0.5) is 15.1 Å². The van der Waals surface area contributed by atoms with E-state index in [1.807, 2.05) is 0 Å². The largest absolute Gasteiger partial charge is 0.510 e. The topological polar surface area (TPSA) is 218 Å². The van der Waals surface area contributed by atoms with E-state index in [9.17, 15) is 19.3 Å². The lowest BCUT2D eigenvalue weighted by Gasteiger charge is -2.26. The highest BCUT2D eigenvalue weighted by atomic mass is 31.2. The van der Waals surface area contributed by atoms with Gasteiger partial charge in [-0.05, 0) is 41.5 Å². The number of alkyl halides is 1. The molecule has 42 heavy (non-hydrogen) atoms. The average molecular weight is 623 g/mol. The number of rotatable bonds is 13. The van der Waals surface area contributed by atoms with E-state index in [0.29, 0.717) is 0 Å². The number of ether oxygens (including phenoxy) is 5. The van der Waals surface area contributed by atoms with E-state index in [-0.39, 0.29) is 29.6 Å². The zero-order valence-corrected chi connectivity index (χ0v) is 25.1. The summed E-state index contributed by atoms with van der Waals surface area (Å²) in [4.78, 5) is 36.2. The SMILES string of the molecule is CCOC(=O)OC(C)OP(=O)(N[C@@H](C)C(=O)OC(C)C)OC[C@H]1O[C@@H](n2cnc3c(OC)nc(N)nc32)[C@](C)(F)[C@@H]1O. The molecule has 1 fully saturated rings. The highest BCUT2D eigenvalue weighted by molar-refractivity contribution is 7.51. The lowest BCUT2D eigenvalue weighted by Crippen LogP contribution is -2.41. The Balaban J connectivity index is 1.82. The Morgan fingerprint density at radius 3 is 2.60 bits per heavy atom. The van der Waals surface area contributed by atoms with E-state index in [2.05, 4.69) is 24.8 Å².